The van der Waals surface area contributed by atoms with E-state index in [9.17, 15) is 4.79 Å². The minimum atomic E-state index is -0.0773. The van der Waals surface area contributed by atoms with Gasteiger partial charge in [0.05, 0.1) is 11.3 Å². The van der Waals surface area contributed by atoms with E-state index in [-0.39, 0.29) is 5.91 Å². The van der Waals surface area contributed by atoms with Gasteiger partial charge in [-0.25, -0.2) is 4.98 Å². The van der Waals surface area contributed by atoms with Crippen molar-refractivity contribution in [2.45, 2.75) is 20.4 Å². The normalized spacial score (nSPS) is 10.8. The molecule has 0 saturated carbocycles. The lowest BCUT2D eigenvalue weighted by Crippen LogP contribution is -2.23. The highest BCUT2D eigenvalue weighted by atomic mass is 16.1. The molecule has 0 radical (unpaired) electrons. The number of aromatic nitrogens is 2. The monoisotopic (exact) mass is 279 g/mol. The zero-order valence-corrected chi connectivity index (χ0v) is 12.1. The predicted octanol–water partition coefficient (Wildman–Crippen LogP) is 2.88. The average Bonchev–Trinajstić information content (AvgIpc) is 2.85. The third-order valence-corrected chi connectivity index (χ3v) is 3.53. The van der Waals surface area contributed by atoms with Crippen molar-refractivity contribution in [2.75, 3.05) is 0 Å². The second-order valence-electron chi connectivity index (χ2n) is 5.17. The highest BCUT2D eigenvalue weighted by Crippen LogP contribution is 2.09. The van der Waals surface area contributed by atoms with Gasteiger partial charge in [-0.2, -0.15) is 0 Å². The van der Waals surface area contributed by atoms with Crippen LogP contribution in [-0.2, 0) is 6.54 Å². The molecule has 1 amide bonds. The quantitative estimate of drug-likeness (QED) is 0.801. The number of aryl methyl sites for hydroxylation is 2. The summed E-state index contributed by atoms with van der Waals surface area (Å²) in [6.07, 6.45) is 3.72. The topological polar surface area (TPSA) is 46.4 Å². The van der Waals surface area contributed by atoms with E-state index in [0.717, 1.165) is 16.9 Å². The maximum atomic E-state index is 12.2. The Morgan fingerprint density at radius 3 is 2.76 bits per heavy atom. The number of hydrogen-bond donors (Lipinski definition) is 1. The van der Waals surface area contributed by atoms with Crippen LogP contribution in [0.5, 0.6) is 0 Å². The molecule has 0 unspecified atom stereocenters. The van der Waals surface area contributed by atoms with E-state index in [4.69, 9.17) is 0 Å². The molecule has 2 heterocycles. The Bertz CT molecular complexity index is 805. The maximum absolute atomic E-state index is 12.2. The summed E-state index contributed by atoms with van der Waals surface area (Å²) < 4.78 is 1.87. The fraction of sp³-hybridized carbons (Fsp3) is 0.176. The summed E-state index contributed by atoms with van der Waals surface area (Å²) in [7, 11) is 0. The van der Waals surface area contributed by atoms with Crippen molar-refractivity contribution in [3.05, 3.63) is 71.2 Å². The summed E-state index contributed by atoms with van der Waals surface area (Å²) in [5.41, 5.74) is 4.73. The number of amides is 1. The summed E-state index contributed by atoms with van der Waals surface area (Å²) >= 11 is 0. The lowest BCUT2D eigenvalue weighted by Gasteiger charge is -2.08. The van der Waals surface area contributed by atoms with E-state index < -0.39 is 0 Å². The number of imidazole rings is 1. The van der Waals surface area contributed by atoms with Gasteiger partial charge in [0, 0.05) is 18.9 Å². The second-order valence-corrected chi connectivity index (χ2v) is 5.17. The van der Waals surface area contributed by atoms with Crippen LogP contribution in [-0.4, -0.2) is 15.3 Å². The molecule has 3 rings (SSSR count). The van der Waals surface area contributed by atoms with Crippen LogP contribution >= 0.6 is 0 Å². The smallest absolute Gasteiger partial charge is 0.253 e. The van der Waals surface area contributed by atoms with E-state index in [1.165, 1.54) is 5.56 Å². The van der Waals surface area contributed by atoms with E-state index in [1.54, 1.807) is 6.07 Å². The Morgan fingerprint density at radius 1 is 1.14 bits per heavy atom. The van der Waals surface area contributed by atoms with Crippen LogP contribution < -0.4 is 5.32 Å². The van der Waals surface area contributed by atoms with Crippen molar-refractivity contribution in [3.63, 3.8) is 0 Å². The standard InChI is InChI=1S/C17H17N3O/c1-12-5-3-4-6-14(12)9-18-17(21)15-7-8-16-19-13(2)10-20(16)11-15/h3-8,10-11H,9H2,1-2H3,(H,18,21). The zero-order chi connectivity index (χ0) is 14.8. The van der Waals surface area contributed by atoms with Gasteiger partial charge < -0.3 is 9.72 Å². The second kappa shape index (κ2) is 5.40. The molecule has 0 saturated heterocycles. The Balaban J connectivity index is 1.76. The van der Waals surface area contributed by atoms with Crippen LogP contribution in [0.15, 0.2) is 48.8 Å². The summed E-state index contributed by atoms with van der Waals surface area (Å²) in [6, 6.07) is 11.7. The molecule has 0 fully saturated rings. The Labute approximate surface area is 123 Å². The van der Waals surface area contributed by atoms with Crippen LogP contribution in [0.1, 0.15) is 27.2 Å². The maximum Gasteiger partial charge on any atom is 0.253 e. The molecule has 2 aromatic heterocycles. The number of hydrogen-bond acceptors (Lipinski definition) is 2. The summed E-state index contributed by atoms with van der Waals surface area (Å²) in [4.78, 5) is 16.6. The lowest BCUT2D eigenvalue weighted by molar-refractivity contribution is 0.0950. The number of carbonyl (C=O) groups excluding carboxylic acids is 1. The first kappa shape index (κ1) is 13.4. The number of nitrogens with one attached hydrogen (secondary N) is 1. The molecule has 3 aromatic rings. The highest BCUT2D eigenvalue weighted by molar-refractivity contribution is 5.94. The first-order valence-corrected chi connectivity index (χ1v) is 6.91. The number of carbonyl (C=O) groups is 1. The molecule has 21 heavy (non-hydrogen) atoms. The first-order valence-electron chi connectivity index (χ1n) is 6.91. The van der Waals surface area contributed by atoms with E-state index in [2.05, 4.69) is 10.3 Å². The molecule has 106 valence electrons. The molecular weight excluding hydrogens is 262 g/mol. The van der Waals surface area contributed by atoms with Crippen molar-refractivity contribution < 1.29 is 4.79 Å². The van der Waals surface area contributed by atoms with E-state index >= 15 is 0 Å². The van der Waals surface area contributed by atoms with Gasteiger partial charge in [-0.3, -0.25) is 4.79 Å². The van der Waals surface area contributed by atoms with Gasteiger partial charge in [0.1, 0.15) is 5.65 Å². The summed E-state index contributed by atoms with van der Waals surface area (Å²) in [5, 5.41) is 2.95. The van der Waals surface area contributed by atoms with Gasteiger partial charge in [0.2, 0.25) is 0 Å². The van der Waals surface area contributed by atoms with Crippen LogP contribution in [0, 0.1) is 13.8 Å². The van der Waals surface area contributed by atoms with Gasteiger partial charge in [-0.1, -0.05) is 24.3 Å². The molecule has 1 aromatic carbocycles. The molecule has 4 nitrogen and oxygen atoms in total. The molecule has 0 aliphatic rings. The van der Waals surface area contributed by atoms with Crippen LogP contribution in [0.4, 0.5) is 0 Å². The fourth-order valence-electron chi connectivity index (χ4n) is 2.34. The summed E-state index contributed by atoms with van der Waals surface area (Å²) in [5.74, 6) is -0.0773. The minimum absolute atomic E-state index is 0.0773. The number of rotatable bonds is 3. The number of fused-ring (bicyclic) bond motifs is 1. The fourth-order valence-corrected chi connectivity index (χ4v) is 2.34. The SMILES string of the molecule is Cc1cn2cc(C(=O)NCc3ccccc3C)ccc2n1. The van der Waals surface area contributed by atoms with Crippen molar-refractivity contribution in [3.8, 4) is 0 Å². The van der Waals surface area contributed by atoms with Crippen LogP contribution in [0.2, 0.25) is 0 Å². The molecule has 0 atom stereocenters. The van der Waals surface area contributed by atoms with Gasteiger partial charge in [0.25, 0.3) is 5.91 Å². The Hall–Kier alpha value is -2.62. The van der Waals surface area contributed by atoms with Gasteiger partial charge in [-0.05, 0) is 37.1 Å². The highest BCUT2D eigenvalue weighted by Gasteiger charge is 2.08. The van der Waals surface area contributed by atoms with Gasteiger partial charge >= 0.3 is 0 Å². The van der Waals surface area contributed by atoms with Crippen molar-refractivity contribution in [2.24, 2.45) is 0 Å². The third kappa shape index (κ3) is 2.79. The van der Waals surface area contributed by atoms with Gasteiger partial charge in [0.15, 0.2) is 0 Å². The Kier molecular flexibility index (Phi) is 3.44. The van der Waals surface area contributed by atoms with Crippen LogP contribution in [0.25, 0.3) is 5.65 Å². The molecule has 1 N–H and O–H groups in total. The number of benzene rings is 1. The summed E-state index contributed by atoms with van der Waals surface area (Å²) in [6.45, 7) is 4.51. The molecule has 0 spiro atoms. The van der Waals surface area contributed by atoms with Gasteiger partial charge in [-0.15, -0.1) is 0 Å². The predicted molar refractivity (Wildman–Crippen MR) is 82.3 cm³/mol. The van der Waals surface area contributed by atoms with Crippen molar-refractivity contribution >= 4 is 11.6 Å². The molecular formula is C17H17N3O. The minimum Gasteiger partial charge on any atom is -0.348 e. The molecule has 4 heteroatoms. The average molecular weight is 279 g/mol. The third-order valence-electron chi connectivity index (χ3n) is 3.53. The van der Waals surface area contributed by atoms with Crippen molar-refractivity contribution in [1.82, 2.24) is 14.7 Å². The van der Waals surface area contributed by atoms with E-state index in [1.807, 2.05) is 61.0 Å². The first-order chi connectivity index (χ1) is 10.1. The number of pyridine rings is 1. The molecule has 0 bridgehead atoms. The molecule has 0 aliphatic heterocycles. The zero-order valence-electron chi connectivity index (χ0n) is 12.1. The lowest BCUT2D eigenvalue weighted by atomic mass is 10.1. The van der Waals surface area contributed by atoms with Crippen LogP contribution in [0.3, 0.4) is 0 Å². The van der Waals surface area contributed by atoms with Crippen molar-refractivity contribution in [1.29, 1.82) is 0 Å². The molecule has 0 aliphatic carbocycles. The Morgan fingerprint density at radius 2 is 1.95 bits per heavy atom. The van der Waals surface area contributed by atoms with E-state index in [0.29, 0.717) is 12.1 Å². The number of nitrogens with zero attached hydrogens (tertiary/aromatic N) is 2. The largest absolute Gasteiger partial charge is 0.348 e.